The van der Waals surface area contributed by atoms with Crippen molar-refractivity contribution >= 4 is 5.97 Å². The van der Waals surface area contributed by atoms with Crippen LogP contribution in [0.2, 0.25) is 0 Å². The number of ether oxygens (including phenoxy) is 1. The Morgan fingerprint density at radius 1 is 1.50 bits per heavy atom. The summed E-state index contributed by atoms with van der Waals surface area (Å²) in [5, 5.41) is 18.2. The summed E-state index contributed by atoms with van der Waals surface area (Å²) in [6.45, 7) is 1.99. The van der Waals surface area contributed by atoms with E-state index < -0.39 is 5.97 Å². The number of esters is 1. The van der Waals surface area contributed by atoms with E-state index in [0.29, 0.717) is 0 Å². The van der Waals surface area contributed by atoms with E-state index in [1.165, 1.54) is 0 Å². The van der Waals surface area contributed by atoms with Gasteiger partial charge in [-0.05, 0) is 38.5 Å². The first-order valence-electron chi connectivity index (χ1n) is 5.64. The molecule has 0 aromatic heterocycles. The van der Waals surface area contributed by atoms with Gasteiger partial charge >= 0.3 is 5.97 Å². The maximum Gasteiger partial charge on any atom is 0.348 e. The minimum Gasteiger partial charge on any atom is -0.462 e. The largest absolute Gasteiger partial charge is 0.462 e. The van der Waals surface area contributed by atoms with Crippen molar-refractivity contribution in [1.29, 1.82) is 5.26 Å². The molecule has 1 aliphatic carbocycles. The summed E-state index contributed by atoms with van der Waals surface area (Å²) >= 11 is 0. The Labute approximate surface area is 95.5 Å². The Balaban J connectivity index is 2.59. The van der Waals surface area contributed by atoms with E-state index in [1.807, 2.05) is 6.07 Å². The van der Waals surface area contributed by atoms with Gasteiger partial charge in [-0.3, -0.25) is 0 Å². The molecule has 0 aromatic carbocycles. The number of carbonyl (C=O) groups excluding carboxylic acids is 1. The molecule has 4 heteroatoms. The highest BCUT2D eigenvalue weighted by atomic mass is 16.5. The Kier molecular flexibility index (Phi) is 5.00. The van der Waals surface area contributed by atoms with Gasteiger partial charge in [0.2, 0.25) is 0 Å². The van der Waals surface area contributed by atoms with E-state index in [4.69, 9.17) is 10.00 Å². The van der Waals surface area contributed by atoms with Gasteiger partial charge in [-0.25, -0.2) is 4.79 Å². The molecule has 0 unspecified atom stereocenters. The second-order valence-corrected chi connectivity index (χ2v) is 3.98. The molecular formula is C12H17NO3. The van der Waals surface area contributed by atoms with Crippen LogP contribution in [-0.2, 0) is 9.53 Å². The number of hydrogen-bond acceptors (Lipinski definition) is 4. The van der Waals surface area contributed by atoms with Crippen LogP contribution in [0.3, 0.4) is 0 Å². The summed E-state index contributed by atoms with van der Waals surface area (Å²) < 4.78 is 4.78. The van der Waals surface area contributed by atoms with Crippen LogP contribution in [-0.4, -0.2) is 23.8 Å². The first-order valence-corrected chi connectivity index (χ1v) is 5.64. The lowest BCUT2D eigenvalue weighted by molar-refractivity contribution is -0.138. The van der Waals surface area contributed by atoms with E-state index in [1.54, 1.807) is 13.0 Å². The lowest BCUT2D eigenvalue weighted by atomic mass is 9.86. The standard InChI is InChI=1S/C12H17NO3/c1-2-16-12(15)10(8-13)7-9-3-5-11(14)6-4-9/h7,9,11,14H,2-6H2,1H3/b10-7+. The summed E-state index contributed by atoms with van der Waals surface area (Å²) in [6, 6.07) is 1.87. The summed E-state index contributed by atoms with van der Waals surface area (Å²) in [5.41, 5.74) is 0.0863. The first-order chi connectivity index (χ1) is 7.67. The van der Waals surface area contributed by atoms with E-state index in [0.717, 1.165) is 25.7 Å². The molecule has 0 heterocycles. The lowest BCUT2D eigenvalue weighted by Gasteiger charge is -2.22. The van der Waals surface area contributed by atoms with Gasteiger partial charge in [0.05, 0.1) is 12.7 Å². The summed E-state index contributed by atoms with van der Waals surface area (Å²) in [6.07, 6.45) is 4.59. The van der Waals surface area contributed by atoms with Crippen molar-refractivity contribution in [2.24, 2.45) is 5.92 Å². The van der Waals surface area contributed by atoms with Crippen LogP contribution in [0.1, 0.15) is 32.6 Å². The Hall–Kier alpha value is -1.34. The van der Waals surface area contributed by atoms with Crippen molar-refractivity contribution in [2.45, 2.75) is 38.7 Å². The highest BCUT2D eigenvalue weighted by Gasteiger charge is 2.20. The fourth-order valence-electron chi connectivity index (χ4n) is 1.86. The van der Waals surface area contributed by atoms with E-state index in [9.17, 15) is 9.90 Å². The van der Waals surface area contributed by atoms with Crippen molar-refractivity contribution < 1.29 is 14.6 Å². The normalized spacial score (nSPS) is 25.9. The van der Waals surface area contributed by atoms with Crippen LogP contribution in [0.5, 0.6) is 0 Å². The van der Waals surface area contributed by atoms with E-state index in [2.05, 4.69) is 0 Å². The van der Waals surface area contributed by atoms with Gasteiger partial charge in [0.25, 0.3) is 0 Å². The van der Waals surface area contributed by atoms with Crippen molar-refractivity contribution in [2.75, 3.05) is 6.61 Å². The lowest BCUT2D eigenvalue weighted by Crippen LogP contribution is -2.18. The van der Waals surface area contributed by atoms with Gasteiger partial charge in [-0.1, -0.05) is 6.08 Å². The number of aliphatic hydroxyl groups is 1. The zero-order valence-electron chi connectivity index (χ0n) is 9.48. The Morgan fingerprint density at radius 2 is 2.12 bits per heavy atom. The number of rotatable bonds is 3. The molecule has 1 rings (SSSR count). The van der Waals surface area contributed by atoms with E-state index >= 15 is 0 Å². The van der Waals surface area contributed by atoms with E-state index in [-0.39, 0.29) is 24.2 Å². The van der Waals surface area contributed by atoms with Crippen LogP contribution in [0, 0.1) is 17.2 Å². The fourth-order valence-corrected chi connectivity index (χ4v) is 1.86. The molecule has 1 saturated carbocycles. The van der Waals surface area contributed by atoms with Gasteiger partial charge in [-0.2, -0.15) is 5.26 Å². The molecule has 1 N–H and O–H groups in total. The molecule has 0 radical (unpaired) electrons. The van der Waals surface area contributed by atoms with Crippen LogP contribution in [0.15, 0.2) is 11.6 Å². The molecule has 4 nitrogen and oxygen atoms in total. The smallest absolute Gasteiger partial charge is 0.348 e. The Morgan fingerprint density at radius 3 is 2.62 bits per heavy atom. The third-order valence-corrected chi connectivity index (χ3v) is 2.76. The zero-order chi connectivity index (χ0) is 12.0. The van der Waals surface area contributed by atoms with Gasteiger partial charge in [-0.15, -0.1) is 0 Å². The van der Waals surface area contributed by atoms with Gasteiger partial charge in [0.1, 0.15) is 11.6 Å². The van der Waals surface area contributed by atoms with Crippen molar-refractivity contribution in [3.63, 3.8) is 0 Å². The Bertz CT molecular complexity index is 309. The van der Waals surface area contributed by atoms with Gasteiger partial charge in [0.15, 0.2) is 0 Å². The topological polar surface area (TPSA) is 70.3 Å². The second kappa shape index (κ2) is 6.29. The van der Waals surface area contributed by atoms with Crippen molar-refractivity contribution in [3.8, 4) is 6.07 Å². The summed E-state index contributed by atoms with van der Waals surface area (Å²) in [5.74, 6) is -0.335. The van der Waals surface area contributed by atoms with Crippen LogP contribution in [0.4, 0.5) is 0 Å². The van der Waals surface area contributed by atoms with Crippen LogP contribution >= 0.6 is 0 Å². The predicted octanol–water partition coefficient (Wildman–Crippen LogP) is 1.55. The molecule has 1 fully saturated rings. The summed E-state index contributed by atoms with van der Waals surface area (Å²) in [4.78, 5) is 11.3. The molecule has 1 aliphatic rings. The van der Waals surface area contributed by atoms with Crippen LogP contribution < -0.4 is 0 Å². The molecule has 0 spiro atoms. The zero-order valence-corrected chi connectivity index (χ0v) is 9.48. The minimum absolute atomic E-state index is 0.0863. The maximum atomic E-state index is 11.3. The number of carbonyl (C=O) groups is 1. The maximum absolute atomic E-state index is 11.3. The number of nitriles is 1. The van der Waals surface area contributed by atoms with Gasteiger partial charge in [0, 0.05) is 0 Å². The number of allylic oxidation sites excluding steroid dienone is 1. The fraction of sp³-hybridized carbons (Fsp3) is 0.667. The number of aliphatic hydroxyl groups excluding tert-OH is 1. The predicted molar refractivity (Wildman–Crippen MR) is 58.3 cm³/mol. The molecule has 0 atom stereocenters. The minimum atomic E-state index is -0.545. The summed E-state index contributed by atoms with van der Waals surface area (Å²) in [7, 11) is 0. The third-order valence-electron chi connectivity index (χ3n) is 2.76. The molecular weight excluding hydrogens is 206 g/mol. The third kappa shape index (κ3) is 3.67. The van der Waals surface area contributed by atoms with Gasteiger partial charge < -0.3 is 9.84 Å². The SMILES string of the molecule is CCOC(=O)/C(C#N)=C/C1CCC(O)CC1. The average molecular weight is 223 g/mol. The molecule has 0 amide bonds. The van der Waals surface area contributed by atoms with Crippen molar-refractivity contribution in [3.05, 3.63) is 11.6 Å². The highest BCUT2D eigenvalue weighted by Crippen LogP contribution is 2.26. The monoisotopic (exact) mass is 223 g/mol. The molecule has 0 aromatic rings. The average Bonchev–Trinajstić information content (AvgIpc) is 2.28. The highest BCUT2D eigenvalue weighted by molar-refractivity contribution is 5.92. The number of nitrogens with zero attached hydrogens (tertiary/aromatic N) is 1. The quantitative estimate of drug-likeness (QED) is 0.447. The van der Waals surface area contributed by atoms with Crippen molar-refractivity contribution in [1.82, 2.24) is 0 Å². The first kappa shape index (κ1) is 12.7. The molecule has 16 heavy (non-hydrogen) atoms. The second-order valence-electron chi connectivity index (χ2n) is 3.98. The molecule has 0 aliphatic heterocycles. The molecule has 0 saturated heterocycles. The number of hydrogen-bond donors (Lipinski definition) is 1. The molecule has 88 valence electrons. The molecule has 0 bridgehead atoms. The van der Waals surface area contributed by atoms with Crippen LogP contribution in [0.25, 0.3) is 0 Å².